The van der Waals surface area contributed by atoms with Crippen molar-refractivity contribution in [1.29, 1.82) is 0 Å². The molecule has 6 rings (SSSR count). The van der Waals surface area contributed by atoms with Gasteiger partial charge in [-0.3, -0.25) is 4.79 Å². The van der Waals surface area contributed by atoms with E-state index in [1.807, 2.05) is 76.3 Å². The molecule has 0 radical (unpaired) electrons. The van der Waals surface area contributed by atoms with Gasteiger partial charge in [-0.1, -0.05) is 61.2 Å². The van der Waals surface area contributed by atoms with Gasteiger partial charge in [0.2, 0.25) is 12.2 Å². The van der Waals surface area contributed by atoms with Gasteiger partial charge in [0.1, 0.15) is 49.4 Å². The Hall–Kier alpha value is -5.32. The number of anilines is 1. The number of carbonyl (C=O) groups excluding carboxylic acids is 4. The summed E-state index contributed by atoms with van der Waals surface area (Å²) in [4.78, 5) is 52.4. The topological polar surface area (TPSA) is 199 Å². The van der Waals surface area contributed by atoms with Crippen molar-refractivity contribution in [2.24, 2.45) is 0 Å². The lowest BCUT2D eigenvalue weighted by Crippen LogP contribution is -2.61. The molecule has 2 amide bonds. The maximum atomic E-state index is 13.5. The molecule has 7 atom stereocenters. The van der Waals surface area contributed by atoms with Crippen LogP contribution in [0.5, 0.6) is 5.75 Å². The van der Waals surface area contributed by atoms with E-state index in [4.69, 9.17) is 23.7 Å². The fraction of sp³-hybridized carbons (Fsp3) is 0.467. The zero-order valence-corrected chi connectivity index (χ0v) is 34.5. The predicted octanol–water partition coefficient (Wildman–Crippen LogP) is 4.31. The van der Waals surface area contributed by atoms with E-state index in [9.17, 15) is 34.5 Å². The van der Waals surface area contributed by atoms with Crippen LogP contribution in [0.4, 0.5) is 10.5 Å². The van der Waals surface area contributed by atoms with E-state index in [-0.39, 0.29) is 49.5 Å². The zero-order valence-electron chi connectivity index (χ0n) is 34.5. The Morgan fingerprint density at radius 1 is 0.900 bits per heavy atom. The number of aliphatic hydroxyl groups excluding tert-OH is 3. The van der Waals surface area contributed by atoms with Crippen molar-refractivity contribution in [2.75, 3.05) is 38.7 Å². The number of quaternary nitrogens is 1. The normalized spacial score (nSPS) is 24.9. The van der Waals surface area contributed by atoms with Gasteiger partial charge >= 0.3 is 18.0 Å². The minimum Gasteiger partial charge on any atom is -0.460 e. The van der Waals surface area contributed by atoms with Crippen molar-refractivity contribution in [1.82, 2.24) is 5.32 Å². The summed E-state index contributed by atoms with van der Waals surface area (Å²) >= 11 is 0. The molecule has 15 heteroatoms. The molecule has 322 valence electrons. The first-order valence-electron chi connectivity index (χ1n) is 20.3. The number of benzene rings is 3. The SMILES string of the molecule is C=CCOC(=O)[C@H]1O[C@@H](Oc2ccc(C[N+]3(C)CCCC[C@@H]3C(=O)OC(C)(C)C)cc2NC(=O)CCNC(=O)OCC2c3ccccc3-c3ccccc32)[C@@H](O)[C@H](O)[C@@H]1O. The number of hydrogen-bond donors (Lipinski definition) is 5. The van der Waals surface area contributed by atoms with E-state index in [1.54, 1.807) is 12.1 Å². The number of likely N-dealkylation sites (tertiary alicyclic amines) is 1. The number of esters is 2. The Morgan fingerprint density at radius 3 is 2.25 bits per heavy atom. The summed E-state index contributed by atoms with van der Waals surface area (Å²) in [7, 11) is 2.00. The Balaban J connectivity index is 1.15. The van der Waals surface area contributed by atoms with Crippen molar-refractivity contribution in [2.45, 2.75) is 101 Å². The summed E-state index contributed by atoms with van der Waals surface area (Å²) in [5, 5.41) is 37.5. The van der Waals surface area contributed by atoms with E-state index >= 15 is 0 Å². The first-order valence-corrected chi connectivity index (χ1v) is 20.3. The molecule has 3 aliphatic rings. The molecule has 2 aliphatic heterocycles. The van der Waals surface area contributed by atoms with Crippen LogP contribution in [-0.4, -0.2) is 119 Å². The molecule has 0 saturated carbocycles. The number of rotatable bonds is 14. The number of nitrogens with one attached hydrogen (secondary N) is 2. The van der Waals surface area contributed by atoms with Crippen LogP contribution in [0.2, 0.25) is 0 Å². The maximum absolute atomic E-state index is 13.5. The van der Waals surface area contributed by atoms with Crippen LogP contribution in [0.25, 0.3) is 11.1 Å². The number of amides is 2. The molecular formula is C45H56N3O12+. The molecule has 3 aromatic carbocycles. The van der Waals surface area contributed by atoms with Gasteiger partial charge in [0, 0.05) is 30.9 Å². The number of hydrogen-bond acceptors (Lipinski definition) is 12. The Morgan fingerprint density at radius 2 is 1.58 bits per heavy atom. The number of fused-ring (bicyclic) bond motifs is 3. The Kier molecular flexibility index (Phi) is 14.0. The van der Waals surface area contributed by atoms with Crippen LogP contribution in [0, 0.1) is 0 Å². The summed E-state index contributed by atoms with van der Waals surface area (Å²) < 4.78 is 28.4. The van der Waals surface area contributed by atoms with E-state index in [2.05, 4.69) is 17.2 Å². The first-order chi connectivity index (χ1) is 28.6. The average Bonchev–Trinajstić information content (AvgIpc) is 3.52. The number of aliphatic hydroxyl groups is 3. The van der Waals surface area contributed by atoms with Crippen LogP contribution in [0.3, 0.4) is 0 Å². The number of carbonyl (C=O) groups is 4. The Labute approximate surface area is 349 Å². The van der Waals surface area contributed by atoms with Crippen LogP contribution >= 0.6 is 0 Å². The van der Waals surface area contributed by atoms with E-state index in [0.717, 1.165) is 40.7 Å². The van der Waals surface area contributed by atoms with Crippen molar-refractivity contribution in [3.05, 3.63) is 96.1 Å². The molecule has 60 heavy (non-hydrogen) atoms. The number of likely N-dealkylation sites (N-methyl/N-ethyl adjacent to an activating group) is 1. The first kappa shape index (κ1) is 44.2. The lowest BCUT2D eigenvalue weighted by atomic mass is 9.97. The van der Waals surface area contributed by atoms with Gasteiger partial charge < -0.3 is 54.1 Å². The third-order valence-corrected chi connectivity index (χ3v) is 11.0. The molecule has 1 unspecified atom stereocenters. The van der Waals surface area contributed by atoms with Crippen LogP contribution in [0.1, 0.15) is 69.1 Å². The minimum absolute atomic E-state index is 0.00688. The van der Waals surface area contributed by atoms with Gasteiger partial charge in [0.25, 0.3) is 0 Å². The van der Waals surface area contributed by atoms with Gasteiger partial charge in [-0.2, -0.15) is 0 Å². The van der Waals surface area contributed by atoms with Crippen molar-refractivity contribution in [3.8, 4) is 16.9 Å². The molecule has 0 spiro atoms. The van der Waals surface area contributed by atoms with Crippen LogP contribution in [0.15, 0.2) is 79.4 Å². The molecule has 15 nitrogen and oxygen atoms in total. The molecule has 1 aliphatic carbocycles. The predicted molar refractivity (Wildman–Crippen MR) is 219 cm³/mol. The summed E-state index contributed by atoms with van der Waals surface area (Å²) in [6.07, 6.45) is -5.96. The maximum Gasteiger partial charge on any atom is 0.407 e. The number of nitrogens with zero attached hydrogens (tertiary/aromatic N) is 1. The van der Waals surface area contributed by atoms with Crippen molar-refractivity contribution in [3.63, 3.8) is 0 Å². The number of alkyl carbamates (subject to hydrolysis) is 1. The molecule has 3 aromatic rings. The highest BCUT2D eigenvalue weighted by Crippen LogP contribution is 2.44. The van der Waals surface area contributed by atoms with Gasteiger partial charge in [0.15, 0.2) is 12.1 Å². The van der Waals surface area contributed by atoms with Gasteiger partial charge in [-0.25, -0.2) is 14.4 Å². The fourth-order valence-electron chi connectivity index (χ4n) is 8.13. The lowest BCUT2D eigenvalue weighted by Gasteiger charge is -2.44. The highest BCUT2D eigenvalue weighted by Gasteiger charge is 2.49. The van der Waals surface area contributed by atoms with E-state index in [1.165, 1.54) is 12.1 Å². The molecule has 0 bridgehead atoms. The Bertz CT molecular complexity index is 2010. The molecule has 2 heterocycles. The van der Waals surface area contributed by atoms with Crippen molar-refractivity contribution >= 4 is 29.6 Å². The monoisotopic (exact) mass is 830 g/mol. The second-order valence-electron chi connectivity index (χ2n) is 16.7. The van der Waals surface area contributed by atoms with E-state index in [0.29, 0.717) is 24.0 Å². The molecular weight excluding hydrogens is 775 g/mol. The third-order valence-electron chi connectivity index (χ3n) is 11.0. The molecule has 5 N–H and O–H groups in total. The molecule has 2 fully saturated rings. The van der Waals surface area contributed by atoms with Crippen LogP contribution in [-0.2, 0) is 39.9 Å². The van der Waals surface area contributed by atoms with Crippen LogP contribution < -0.4 is 15.4 Å². The van der Waals surface area contributed by atoms with Gasteiger partial charge in [-0.05, 0) is 74.1 Å². The number of piperidine rings is 1. The highest BCUT2D eigenvalue weighted by molar-refractivity contribution is 5.92. The highest BCUT2D eigenvalue weighted by atomic mass is 16.7. The van der Waals surface area contributed by atoms with Gasteiger partial charge in [0.05, 0.1) is 19.3 Å². The number of ether oxygens (including phenoxy) is 5. The molecule has 2 saturated heterocycles. The minimum atomic E-state index is -1.85. The standard InChI is InChI=1S/C45H55N3O12/c1-6-23-56-42(54)40-38(51)37(50)39(52)43(59-40)58-35-19-18-27(25-48(5)22-12-11-17-34(48)41(53)60-45(2,3)4)24-33(35)47-36(49)20-21-46-44(55)57-26-32-30-15-9-7-13-28(30)29-14-8-10-16-31(29)32/h6-10,13-16,18-19,24,32,34,37-40,43,50-52H,1,11-12,17,20-23,25-26H2,2-5H3,(H-,46,47,49,55)/p+1/t34-,37-,38+,39+,40+,43-,48?/m1/s1. The second-order valence-corrected chi connectivity index (χ2v) is 16.7. The lowest BCUT2D eigenvalue weighted by molar-refractivity contribution is -0.942. The summed E-state index contributed by atoms with van der Waals surface area (Å²) in [6, 6.07) is 20.5. The molecule has 0 aromatic heterocycles. The summed E-state index contributed by atoms with van der Waals surface area (Å²) in [6.45, 7) is 9.94. The third kappa shape index (κ3) is 10.3. The average molecular weight is 831 g/mol. The van der Waals surface area contributed by atoms with Crippen molar-refractivity contribution < 1.29 is 62.7 Å². The van der Waals surface area contributed by atoms with E-state index < -0.39 is 60.3 Å². The quantitative estimate of drug-likeness (QED) is 0.0669. The fourth-order valence-corrected chi connectivity index (χ4v) is 8.13. The summed E-state index contributed by atoms with van der Waals surface area (Å²) in [5.74, 6) is -1.92. The van der Waals surface area contributed by atoms with Gasteiger partial charge in [-0.15, -0.1) is 0 Å². The summed E-state index contributed by atoms with van der Waals surface area (Å²) in [5.41, 5.74) is 4.57. The largest absolute Gasteiger partial charge is 0.460 e. The second kappa shape index (κ2) is 18.9. The zero-order chi connectivity index (χ0) is 43.2. The smallest absolute Gasteiger partial charge is 0.407 e.